The Morgan fingerprint density at radius 3 is 2.81 bits per heavy atom. The Bertz CT molecular complexity index is 549. The van der Waals surface area contributed by atoms with Crippen molar-refractivity contribution in [2.75, 3.05) is 0 Å². The lowest BCUT2D eigenvalue weighted by molar-refractivity contribution is 0.0691. The number of nitrogens with zero attached hydrogens (tertiary/aromatic N) is 2. The summed E-state index contributed by atoms with van der Waals surface area (Å²) in [4.78, 5) is 14.8. The first-order valence-electron chi connectivity index (χ1n) is 4.60. The second-order valence-corrected chi connectivity index (χ2v) is 3.81. The Hall–Kier alpha value is -1.81. The van der Waals surface area contributed by atoms with Crippen molar-refractivity contribution in [2.45, 2.75) is 0 Å². The highest BCUT2D eigenvalue weighted by Crippen LogP contribution is 2.21. The van der Waals surface area contributed by atoms with Gasteiger partial charge in [-0.2, -0.15) is 0 Å². The van der Waals surface area contributed by atoms with E-state index in [-0.39, 0.29) is 5.69 Å². The molecule has 0 spiro atoms. The Balaban J connectivity index is 2.52. The number of benzene rings is 1. The molecule has 5 heteroatoms. The Kier molecular flexibility index (Phi) is 2.66. The molecule has 0 unspecified atom stereocenters. The maximum absolute atomic E-state index is 10.8. The lowest BCUT2D eigenvalue weighted by Crippen LogP contribution is -1.95. The van der Waals surface area contributed by atoms with Crippen LogP contribution in [0.15, 0.2) is 30.5 Å². The molecule has 0 amide bonds. The highest BCUT2D eigenvalue weighted by Gasteiger charge is 2.12. The van der Waals surface area contributed by atoms with Crippen molar-refractivity contribution in [2.24, 2.45) is 7.05 Å². The van der Waals surface area contributed by atoms with E-state index in [0.717, 1.165) is 5.56 Å². The smallest absolute Gasteiger partial charge is 0.356 e. The first kappa shape index (κ1) is 10.7. The summed E-state index contributed by atoms with van der Waals surface area (Å²) in [6.45, 7) is 0. The molecule has 0 aliphatic carbocycles. The van der Waals surface area contributed by atoms with Crippen LogP contribution in [0.5, 0.6) is 0 Å². The van der Waals surface area contributed by atoms with E-state index < -0.39 is 5.97 Å². The summed E-state index contributed by atoms with van der Waals surface area (Å²) in [5.41, 5.74) is 0.819. The van der Waals surface area contributed by atoms with Gasteiger partial charge >= 0.3 is 5.97 Å². The first-order valence-corrected chi connectivity index (χ1v) is 4.98. The third kappa shape index (κ3) is 1.92. The van der Waals surface area contributed by atoms with Crippen molar-refractivity contribution >= 4 is 17.6 Å². The van der Waals surface area contributed by atoms with Crippen LogP contribution in [0.4, 0.5) is 0 Å². The first-order chi connectivity index (χ1) is 7.58. The van der Waals surface area contributed by atoms with Gasteiger partial charge in [0.1, 0.15) is 5.82 Å². The molecule has 0 radical (unpaired) electrons. The topological polar surface area (TPSA) is 55.1 Å². The number of aromatic nitrogens is 2. The highest BCUT2D eigenvalue weighted by atomic mass is 35.5. The van der Waals surface area contributed by atoms with Gasteiger partial charge < -0.3 is 9.67 Å². The van der Waals surface area contributed by atoms with Crippen molar-refractivity contribution in [1.29, 1.82) is 0 Å². The van der Waals surface area contributed by atoms with E-state index >= 15 is 0 Å². The molecule has 16 heavy (non-hydrogen) atoms. The second kappa shape index (κ2) is 3.98. The number of imidazole rings is 1. The molecule has 0 atom stereocenters. The summed E-state index contributed by atoms with van der Waals surface area (Å²) in [7, 11) is 1.75. The van der Waals surface area contributed by atoms with Crippen molar-refractivity contribution in [3.63, 3.8) is 0 Å². The Morgan fingerprint density at radius 2 is 2.25 bits per heavy atom. The molecule has 1 heterocycles. The Morgan fingerprint density at radius 1 is 1.50 bits per heavy atom. The number of hydrogen-bond acceptors (Lipinski definition) is 2. The molecule has 4 nitrogen and oxygen atoms in total. The normalized spacial score (nSPS) is 10.4. The zero-order chi connectivity index (χ0) is 11.7. The lowest BCUT2D eigenvalue weighted by Gasteiger charge is -2.01. The Labute approximate surface area is 97.1 Å². The van der Waals surface area contributed by atoms with Crippen LogP contribution < -0.4 is 0 Å². The summed E-state index contributed by atoms with van der Waals surface area (Å²) in [6, 6.07) is 7.13. The minimum absolute atomic E-state index is 0.0254. The molecule has 0 bridgehead atoms. The molecule has 2 aromatic rings. The second-order valence-electron chi connectivity index (χ2n) is 3.38. The molecule has 0 aliphatic rings. The molecular formula is C11H9ClN2O2. The van der Waals surface area contributed by atoms with Crippen molar-refractivity contribution in [1.82, 2.24) is 9.55 Å². The minimum atomic E-state index is -1.04. The predicted octanol–water partition coefficient (Wildman–Crippen LogP) is 2.44. The van der Waals surface area contributed by atoms with E-state index in [0.29, 0.717) is 10.8 Å². The van der Waals surface area contributed by atoms with Gasteiger partial charge in [0.15, 0.2) is 5.69 Å². The number of halogens is 1. The largest absolute Gasteiger partial charge is 0.476 e. The van der Waals surface area contributed by atoms with Crippen LogP contribution in [0.25, 0.3) is 11.4 Å². The summed E-state index contributed by atoms with van der Waals surface area (Å²) in [5, 5.41) is 9.42. The van der Waals surface area contributed by atoms with Crippen LogP contribution >= 0.6 is 11.6 Å². The number of carboxylic acid groups (broad SMARTS) is 1. The molecule has 0 saturated carbocycles. The molecule has 1 aromatic carbocycles. The van der Waals surface area contributed by atoms with E-state index in [9.17, 15) is 4.79 Å². The van der Waals surface area contributed by atoms with E-state index in [2.05, 4.69) is 4.98 Å². The minimum Gasteiger partial charge on any atom is -0.476 e. The number of carbonyl (C=O) groups is 1. The fraction of sp³-hybridized carbons (Fsp3) is 0.0909. The van der Waals surface area contributed by atoms with Gasteiger partial charge in [0, 0.05) is 23.8 Å². The van der Waals surface area contributed by atoms with Crippen molar-refractivity contribution in [3.8, 4) is 11.4 Å². The lowest BCUT2D eigenvalue weighted by atomic mass is 10.2. The maximum atomic E-state index is 10.8. The number of aryl methyl sites for hydroxylation is 1. The SMILES string of the molecule is Cn1cc(C(=O)O)nc1-c1cccc(Cl)c1. The maximum Gasteiger partial charge on any atom is 0.356 e. The molecule has 82 valence electrons. The standard InChI is InChI=1S/C11H9ClN2O2/c1-14-6-9(11(15)16)13-10(14)7-3-2-4-8(12)5-7/h2-6H,1H3,(H,15,16). The summed E-state index contributed by atoms with van der Waals surface area (Å²) >= 11 is 5.86. The number of aromatic carboxylic acids is 1. The van der Waals surface area contributed by atoms with Gasteiger partial charge in [0.25, 0.3) is 0 Å². The molecule has 0 fully saturated rings. The van der Waals surface area contributed by atoms with Crippen LogP contribution in [0, 0.1) is 0 Å². The fourth-order valence-electron chi connectivity index (χ4n) is 1.47. The van der Waals surface area contributed by atoms with Gasteiger partial charge in [-0.25, -0.2) is 9.78 Å². The zero-order valence-electron chi connectivity index (χ0n) is 8.51. The van der Waals surface area contributed by atoms with E-state index in [1.807, 2.05) is 6.07 Å². The highest BCUT2D eigenvalue weighted by molar-refractivity contribution is 6.30. The van der Waals surface area contributed by atoms with Crippen LogP contribution in [0.1, 0.15) is 10.5 Å². The van der Waals surface area contributed by atoms with E-state index in [1.165, 1.54) is 6.20 Å². The van der Waals surface area contributed by atoms with E-state index in [1.54, 1.807) is 29.8 Å². The average Bonchev–Trinajstić information content (AvgIpc) is 2.60. The predicted molar refractivity (Wildman–Crippen MR) is 60.6 cm³/mol. The van der Waals surface area contributed by atoms with Gasteiger partial charge in [0.2, 0.25) is 0 Å². The van der Waals surface area contributed by atoms with E-state index in [4.69, 9.17) is 16.7 Å². The molecule has 1 N–H and O–H groups in total. The third-order valence-electron chi connectivity index (χ3n) is 2.18. The molecule has 0 saturated heterocycles. The van der Waals surface area contributed by atoms with Crippen LogP contribution in [0.3, 0.4) is 0 Å². The van der Waals surface area contributed by atoms with Crippen molar-refractivity contribution < 1.29 is 9.90 Å². The molecule has 1 aromatic heterocycles. The summed E-state index contributed by atoms with van der Waals surface area (Å²) in [6.07, 6.45) is 1.47. The number of hydrogen-bond donors (Lipinski definition) is 1. The van der Waals surface area contributed by atoms with Crippen LogP contribution in [-0.4, -0.2) is 20.6 Å². The molecule has 2 rings (SSSR count). The summed E-state index contributed by atoms with van der Waals surface area (Å²) < 4.78 is 1.66. The van der Waals surface area contributed by atoms with Gasteiger partial charge in [-0.1, -0.05) is 23.7 Å². The quantitative estimate of drug-likeness (QED) is 0.871. The number of carboxylic acids is 1. The van der Waals surface area contributed by atoms with Crippen LogP contribution in [-0.2, 0) is 7.05 Å². The van der Waals surface area contributed by atoms with Crippen molar-refractivity contribution in [3.05, 3.63) is 41.2 Å². The van der Waals surface area contributed by atoms with Crippen LogP contribution in [0.2, 0.25) is 5.02 Å². The van der Waals surface area contributed by atoms with Gasteiger partial charge in [-0.05, 0) is 12.1 Å². The van der Waals surface area contributed by atoms with Gasteiger partial charge in [-0.3, -0.25) is 0 Å². The molecular weight excluding hydrogens is 228 g/mol. The van der Waals surface area contributed by atoms with Gasteiger partial charge in [-0.15, -0.1) is 0 Å². The number of rotatable bonds is 2. The summed E-state index contributed by atoms with van der Waals surface area (Å²) in [5.74, 6) is -0.455. The zero-order valence-corrected chi connectivity index (χ0v) is 9.27. The monoisotopic (exact) mass is 236 g/mol. The third-order valence-corrected chi connectivity index (χ3v) is 2.41. The van der Waals surface area contributed by atoms with Gasteiger partial charge in [0.05, 0.1) is 0 Å². The fourth-order valence-corrected chi connectivity index (χ4v) is 1.66. The molecule has 0 aliphatic heterocycles. The average molecular weight is 237 g/mol.